The van der Waals surface area contributed by atoms with E-state index < -0.39 is 0 Å². The van der Waals surface area contributed by atoms with Crippen LogP contribution in [0, 0.1) is 11.3 Å². The molecule has 0 aromatic carbocycles. The molecular formula is C16H27BrNO2+. The van der Waals surface area contributed by atoms with Crippen LogP contribution in [-0.4, -0.2) is 48.1 Å². The first-order valence-corrected chi connectivity index (χ1v) is 9.03. The second kappa shape index (κ2) is 5.28. The molecule has 0 spiro atoms. The van der Waals surface area contributed by atoms with Crippen molar-refractivity contribution in [1.29, 1.82) is 0 Å². The first-order valence-electron chi connectivity index (χ1n) is 8.11. The summed E-state index contributed by atoms with van der Waals surface area (Å²) in [5.74, 6) is 0.587. The summed E-state index contributed by atoms with van der Waals surface area (Å²) in [6, 6.07) is 0.720. The number of rotatable bonds is 3. The number of esters is 1. The van der Waals surface area contributed by atoms with Crippen molar-refractivity contribution in [3.05, 3.63) is 0 Å². The summed E-state index contributed by atoms with van der Waals surface area (Å²) in [6.45, 7) is 5.29. The predicted molar refractivity (Wildman–Crippen MR) is 82.7 cm³/mol. The van der Waals surface area contributed by atoms with Gasteiger partial charge in [-0.15, -0.1) is 0 Å². The Morgan fingerprint density at radius 1 is 1.30 bits per heavy atom. The summed E-state index contributed by atoms with van der Waals surface area (Å²) < 4.78 is 6.92. The fraction of sp³-hybridized carbons (Fsp3) is 0.938. The van der Waals surface area contributed by atoms with E-state index in [9.17, 15) is 4.79 Å². The molecule has 2 aliphatic heterocycles. The van der Waals surface area contributed by atoms with Crippen molar-refractivity contribution < 1.29 is 14.0 Å². The van der Waals surface area contributed by atoms with Gasteiger partial charge in [0.25, 0.3) is 0 Å². The van der Waals surface area contributed by atoms with Crippen molar-refractivity contribution in [2.75, 3.05) is 26.7 Å². The minimum Gasteiger partial charge on any atom is -0.465 e. The van der Waals surface area contributed by atoms with E-state index in [1.54, 1.807) is 0 Å². The predicted octanol–water partition coefficient (Wildman–Crippen LogP) is 3.11. The van der Waals surface area contributed by atoms with E-state index >= 15 is 0 Å². The third-order valence-electron chi connectivity index (χ3n) is 6.04. The van der Waals surface area contributed by atoms with E-state index in [1.165, 1.54) is 49.7 Å². The Labute approximate surface area is 130 Å². The molecule has 1 saturated carbocycles. The number of hydrogen-bond acceptors (Lipinski definition) is 2. The maximum Gasteiger partial charge on any atom is 0.312 e. The van der Waals surface area contributed by atoms with E-state index in [2.05, 4.69) is 23.0 Å². The van der Waals surface area contributed by atoms with Gasteiger partial charge in [0.15, 0.2) is 0 Å². The van der Waals surface area contributed by atoms with Crippen LogP contribution in [-0.2, 0) is 9.53 Å². The summed E-state index contributed by atoms with van der Waals surface area (Å²) in [4.78, 5) is 12.5. The Balaban J connectivity index is 1.58. The number of hydrogen-bond donors (Lipinski definition) is 0. The van der Waals surface area contributed by atoms with Crippen LogP contribution in [0.4, 0.5) is 0 Å². The van der Waals surface area contributed by atoms with Crippen molar-refractivity contribution in [3.63, 3.8) is 0 Å². The van der Waals surface area contributed by atoms with Gasteiger partial charge >= 0.3 is 5.97 Å². The zero-order chi connectivity index (χ0) is 14.4. The lowest BCUT2D eigenvalue weighted by Gasteiger charge is -2.51. The summed E-state index contributed by atoms with van der Waals surface area (Å²) >= 11 is 3.53. The average Bonchev–Trinajstić information content (AvgIpc) is 3.04. The van der Waals surface area contributed by atoms with Crippen LogP contribution in [0.1, 0.15) is 45.4 Å². The third-order valence-corrected chi connectivity index (χ3v) is 7.37. The van der Waals surface area contributed by atoms with E-state index in [0.717, 1.165) is 12.5 Å². The Bertz CT molecular complexity index is 398. The number of ether oxygens (including phenoxy) is 1. The maximum atomic E-state index is 12.2. The van der Waals surface area contributed by atoms with Crippen LogP contribution < -0.4 is 0 Å². The van der Waals surface area contributed by atoms with Gasteiger partial charge in [0.1, 0.15) is 0 Å². The van der Waals surface area contributed by atoms with Gasteiger partial charge in [-0.1, -0.05) is 15.9 Å². The fourth-order valence-corrected chi connectivity index (χ4v) is 5.16. The standard InChI is InChI=1S/C16H27BrNO2/c1-16(10-14(16)17)15(19)20-11-12-6-5-9-18(2)8-4-3-7-13(12)18/h12-14H,3-11H2,1-2H3/q+1/t12-,13+,14+,16+,18?/m0/s1. The molecule has 0 bridgehead atoms. The molecule has 20 heavy (non-hydrogen) atoms. The zero-order valence-corrected chi connectivity index (χ0v) is 14.3. The molecule has 1 unspecified atom stereocenters. The van der Waals surface area contributed by atoms with Crippen LogP contribution in [0.3, 0.4) is 0 Å². The second-order valence-electron chi connectivity index (χ2n) is 7.58. The van der Waals surface area contributed by atoms with Crippen LogP contribution in [0.2, 0.25) is 0 Å². The molecule has 0 amide bonds. The normalized spacial score (nSPS) is 47.5. The zero-order valence-electron chi connectivity index (χ0n) is 12.7. The molecule has 3 rings (SSSR count). The number of nitrogens with zero attached hydrogens (tertiary/aromatic N) is 1. The van der Waals surface area contributed by atoms with Gasteiger partial charge in [0.05, 0.1) is 38.2 Å². The minimum absolute atomic E-state index is 0.00922. The average molecular weight is 345 g/mol. The van der Waals surface area contributed by atoms with Crippen molar-refractivity contribution in [1.82, 2.24) is 0 Å². The highest BCUT2D eigenvalue weighted by Crippen LogP contribution is 2.52. The van der Waals surface area contributed by atoms with Gasteiger partial charge < -0.3 is 9.22 Å². The molecule has 0 aromatic heterocycles. The van der Waals surface area contributed by atoms with Gasteiger partial charge in [-0.05, 0) is 39.0 Å². The van der Waals surface area contributed by atoms with E-state index in [1.807, 2.05) is 6.92 Å². The van der Waals surface area contributed by atoms with Crippen molar-refractivity contribution in [2.24, 2.45) is 11.3 Å². The third kappa shape index (κ3) is 2.54. The summed E-state index contributed by atoms with van der Waals surface area (Å²) in [5, 5.41) is 0. The fourth-order valence-electron chi connectivity index (χ4n) is 4.30. The lowest BCUT2D eigenvalue weighted by Crippen LogP contribution is -2.61. The van der Waals surface area contributed by atoms with E-state index in [0.29, 0.717) is 17.4 Å². The Morgan fingerprint density at radius 3 is 2.70 bits per heavy atom. The molecule has 4 heteroatoms. The molecule has 3 fully saturated rings. The molecule has 3 aliphatic rings. The summed E-state index contributed by atoms with van der Waals surface area (Å²) in [7, 11) is 2.41. The van der Waals surface area contributed by atoms with E-state index in [-0.39, 0.29) is 11.4 Å². The quantitative estimate of drug-likeness (QED) is 0.446. The largest absolute Gasteiger partial charge is 0.465 e. The van der Waals surface area contributed by atoms with Gasteiger partial charge in [-0.2, -0.15) is 0 Å². The van der Waals surface area contributed by atoms with Crippen LogP contribution in [0.25, 0.3) is 0 Å². The molecule has 3 nitrogen and oxygen atoms in total. The lowest BCUT2D eigenvalue weighted by atomic mass is 9.82. The monoisotopic (exact) mass is 344 g/mol. The number of halogens is 1. The number of piperidine rings is 2. The smallest absolute Gasteiger partial charge is 0.312 e. The molecule has 2 heterocycles. The van der Waals surface area contributed by atoms with Crippen molar-refractivity contribution in [3.8, 4) is 0 Å². The summed E-state index contributed by atoms with van der Waals surface area (Å²) in [5.41, 5.74) is -0.251. The molecule has 114 valence electrons. The first-order chi connectivity index (χ1) is 9.46. The Hall–Kier alpha value is -0.0900. The Kier molecular flexibility index (Phi) is 3.91. The number of quaternary nitrogens is 1. The number of carbonyl (C=O) groups is 1. The lowest BCUT2D eigenvalue weighted by molar-refractivity contribution is -0.947. The highest BCUT2D eigenvalue weighted by atomic mass is 79.9. The topological polar surface area (TPSA) is 26.3 Å². The van der Waals surface area contributed by atoms with Gasteiger partial charge in [-0.25, -0.2) is 0 Å². The van der Waals surface area contributed by atoms with Crippen LogP contribution in [0.15, 0.2) is 0 Å². The minimum atomic E-state index is -0.251. The molecule has 0 N–H and O–H groups in total. The number of carbonyl (C=O) groups excluding carboxylic acids is 1. The molecule has 0 aromatic rings. The maximum absolute atomic E-state index is 12.2. The number of fused-ring (bicyclic) bond motifs is 1. The molecular weight excluding hydrogens is 318 g/mol. The number of alkyl halides is 1. The Morgan fingerprint density at radius 2 is 2.00 bits per heavy atom. The van der Waals surface area contributed by atoms with E-state index in [4.69, 9.17) is 4.74 Å². The van der Waals surface area contributed by atoms with Gasteiger partial charge in [0.2, 0.25) is 0 Å². The SMILES string of the molecule is C[C@@]1(C(=O)OC[C@@H]2CCC[N+]3(C)CCCC[C@H]23)C[C@H]1Br. The molecule has 0 radical (unpaired) electrons. The molecule has 1 aliphatic carbocycles. The van der Waals surface area contributed by atoms with Crippen LogP contribution in [0.5, 0.6) is 0 Å². The van der Waals surface area contributed by atoms with Gasteiger partial charge in [-0.3, -0.25) is 4.79 Å². The van der Waals surface area contributed by atoms with Crippen molar-refractivity contribution in [2.45, 2.75) is 56.3 Å². The molecule has 5 atom stereocenters. The second-order valence-corrected chi connectivity index (χ2v) is 8.68. The molecule has 2 saturated heterocycles. The van der Waals surface area contributed by atoms with Gasteiger partial charge in [0, 0.05) is 17.2 Å². The first kappa shape index (κ1) is 14.8. The summed E-state index contributed by atoms with van der Waals surface area (Å²) in [6.07, 6.45) is 7.48. The van der Waals surface area contributed by atoms with Crippen LogP contribution >= 0.6 is 15.9 Å². The highest BCUT2D eigenvalue weighted by Gasteiger charge is 2.56. The van der Waals surface area contributed by atoms with Crippen molar-refractivity contribution >= 4 is 21.9 Å². The highest BCUT2D eigenvalue weighted by molar-refractivity contribution is 9.09.